The highest BCUT2D eigenvalue weighted by Gasteiger charge is 2.29. The zero-order chi connectivity index (χ0) is 15.5. The second-order valence-corrected chi connectivity index (χ2v) is 5.26. The van der Waals surface area contributed by atoms with Crippen LogP contribution in [0.4, 0.5) is 18.9 Å². The molecule has 0 saturated heterocycles. The smallest absolute Gasteiger partial charge is 0.382 e. The molecule has 0 aromatic carbocycles. The largest absolute Gasteiger partial charge is 0.408 e. The molecule has 4 nitrogen and oxygen atoms in total. The number of nitrogens with one attached hydrogen (secondary N) is 1. The highest BCUT2D eigenvalue weighted by molar-refractivity contribution is 6.32. The highest BCUT2D eigenvalue weighted by atomic mass is 35.5. The number of nitrogens with zero attached hydrogens (tertiary/aromatic N) is 2. The lowest BCUT2D eigenvalue weighted by Crippen LogP contribution is -2.30. The fraction of sp³-hybridized carbons (Fsp3) is 0.538. The first-order chi connectivity index (χ1) is 9.87. The van der Waals surface area contributed by atoms with Gasteiger partial charge in [-0.1, -0.05) is 23.3 Å². The molecular weight excluding hydrogens is 307 g/mol. The zero-order valence-electron chi connectivity index (χ0n) is 11.2. The summed E-state index contributed by atoms with van der Waals surface area (Å²) >= 11 is 5.80. The summed E-state index contributed by atoms with van der Waals surface area (Å²) in [4.78, 5) is 11.7. The molecule has 1 aromatic rings. The Labute approximate surface area is 124 Å². The Morgan fingerprint density at radius 3 is 2.81 bits per heavy atom. The van der Waals surface area contributed by atoms with Crippen LogP contribution in [0.15, 0.2) is 22.6 Å². The Kier molecular flexibility index (Phi) is 4.92. The fourth-order valence-corrected chi connectivity index (χ4v) is 2.41. The van der Waals surface area contributed by atoms with E-state index in [4.69, 9.17) is 11.6 Å². The minimum Gasteiger partial charge on any atom is -0.382 e. The number of hydrogen-bond donors (Lipinski definition) is 1. The van der Waals surface area contributed by atoms with Gasteiger partial charge in [-0.05, 0) is 25.7 Å². The van der Waals surface area contributed by atoms with Gasteiger partial charge in [0.15, 0.2) is 0 Å². The van der Waals surface area contributed by atoms with Crippen LogP contribution < -0.4 is 10.9 Å². The first kappa shape index (κ1) is 15.9. The summed E-state index contributed by atoms with van der Waals surface area (Å²) < 4.78 is 37.1. The number of allylic oxidation sites excluding steroid dienone is 1. The Bertz CT molecular complexity index is 595. The van der Waals surface area contributed by atoms with E-state index in [9.17, 15) is 18.0 Å². The summed E-state index contributed by atoms with van der Waals surface area (Å²) in [7, 11) is 0. The van der Waals surface area contributed by atoms with Crippen molar-refractivity contribution < 1.29 is 13.2 Å². The molecule has 0 atom stereocenters. The van der Waals surface area contributed by atoms with Gasteiger partial charge in [0.2, 0.25) is 0 Å². The van der Waals surface area contributed by atoms with Crippen molar-refractivity contribution in [3.63, 3.8) is 0 Å². The van der Waals surface area contributed by atoms with Crippen molar-refractivity contribution in [1.29, 1.82) is 0 Å². The lowest BCUT2D eigenvalue weighted by molar-refractivity contribution is -0.143. The van der Waals surface area contributed by atoms with Crippen molar-refractivity contribution in [2.45, 2.75) is 38.4 Å². The van der Waals surface area contributed by atoms with E-state index in [0.29, 0.717) is 11.2 Å². The molecule has 1 aliphatic carbocycles. The molecule has 1 N–H and O–H groups in total. The Morgan fingerprint density at radius 1 is 1.43 bits per heavy atom. The normalized spacial score (nSPS) is 15.1. The van der Waals surface area contributed by atoms with Gasteiger partial charge in [0.1, 0.15) is 11.6 Å². The van der Waals surface area contributed by atoms with Crippen LogP contribution in [-0.4, -0.2) is 22.5 Å². The topological polar surface area (TPSA) is 46.9 Å². The van der Waals surface area contributed by atoms with Crippen LogP contribution in [-0.2, 0) is 6.54 Å². The average Bonchev–Trinajstić information content (AvgIpc) is 2.89. The summed E-state index contributed by atoms with van der Waals surface area (Å²) in [6.45, 7) is -0.880. The van der Waals surface area contributed by atoms with Crippen molar-refractivity contribution >= 4 is 17.3 Å². The molecule has 0 amide bonds. The molecule has 0 spiro atoms. The predicted octanol–water partition coefficient (Wildman–Crippen LogP) is 3.37. The molecular formula is C13H15ClF3N3O. The van der Waals surface area contributed by atoms with Crippen LogP contribution in [0.25, 0.3) is 0 Å². The first-order valence-corrected chi connectivity index (χ1v) is 6.99. The minimum atomic E-state index is -4.51. The number of anilines is 1. The molecule has 0 radical (unpaired) electrons. The lowest BCUT2D eigenvalue weighted by atomic mass is 10.2. The Balaban J connectivity index is 2.01. The summed E-state index contributed by atoms with van der Waals surface area (Å²) in [5.74, 6) is 0. The molecule has 0 unspecified atom stereocenters. The van der Waals surface area contributed by atoms with Gasteiger partial charge in [-0.15, -0.1) is 0 Å². The molecule has 116 valence electrons. The summed E-state index contributed by atoms with van der Waals surface area (Å²) in [6, 6.07) is 0. The van der Waals surface area contributed by atoms with Gasteiger partial charge >= 0.3 is 6.18 Å². The van der Waals surface area contributed by atoms with Crippen molar-refractivity contribution in [1.82, 2.24) is 9.78 Å². The number of alkyl halides is 3. The molecule has 1 aromatic heterocycles. The van der Waals surface area contributed by atoms with Crippen LogP contribution in [0.5, 0.6) is 0 Å². The first-order valence-electron chi connectivity index (χ1n) is 6.61. The van der Waals surface area contributed by atoms with E-state index in [-0.39, 0.29) is 10.7 Å². The number of aromatic nitrogens is 2. The minimum absolute atomic E-state index is 0.263. The lowest BCUT2D eigenvalue weighted by Gasteiger charge is -2.11. The molecule has 0 bridgehead atoms. The molecule has 0 saturated carbocycles. The van der Waals surface area contributed by atoms with Crippen molar-refractivity contribution in [3.8, 4) is 0 Å². The highest BCUT2D eigenvalue weighted by Crippen LogP contribution is 2.22. The van der Waals surface area contributed by atoms with E-state index in [1.165, 1.54) is 5.57 Å². The second kappa shape index (κ2) is 6.51. The maximum absolute atomic E-state index is 12.3. The number of hydrogen-bond acceptors (Lipinski definition) is 3. The van der Waals surface area contributed by atoms with Gasteiger partial charge in [-0.2, -0.15) is 18.3 Å². The van der Waals surface area contributed by atoms with Gasteiger partial charge < -0.3 is 5.32 Å². The number of rotatable bonds is 5. The average molecular weight is 322 g/mol. The molecule has 0 fully saturated rings. The van der Waals surface area contributed by atoms with Crippen LogP contribution in [0.3, 0.4) is 0 Å². The molecule has 1 aliphatic rings. The van der Waals surface area contributed by atoms with Crippen LogP contribution in [0.1, 0.15) is 25.7 Å². The quantitative estimate of drug-likeness (QED) is 0.846. The summed E-state index contributed by atoms with van der Waals surface area (Å²) in [6.07, 6.45) is 2.96. The van der Waals surface area contributed by atoms with Gasteiger partial charge in [0.05, 0.1) is 11.9 Å². The summed E-state index contributed by atoms with van der Waals surface area (Å²) in [5.41, 5.74) is 0.662. The van der Waals surface area contributed by atoms with Gasteiger partial charge in [-0.25, -0.2) is 4.68 Å². The third-order valence-electron chi connectivity index (χ3n) is 3.21. The van der Waals surface area contributed by atoms with E-state index in [2.05, 4.69) is 16.5 Å². The van der Waals surface area contributed by atoms with Crippen molar-refractivity contribution in [2.75, 3.05) is 11.9 Å². The van der Waals surface area contributed by atoms with Crippen molar-refractivity contribution in [3.05, 3.63) is 33.2 Å². The van der Waals surface area contributed by atoms with E-state index in [0.717, 1.165) is 31.9 Å². The monoisotopic (exact) mass is 321 g/mol. The SMILES string of the molecule is O=c1c(Cl)c(NCCC2=CCCC2)cnn1CC(F)(F)F. The van der Waals surface area contributed by atoms with E-state index < -0.39 is 18.3 Å². The third-order valence-corrected chi connectivity index (χ3v) is 3.58. The molecule has 8 heteroatoms. The fourth-order valence-electron chi connectivity index (χ4n) is 2.19. The maximum Gasteiger partial charge on any atom is 0.408 e. The Morgan fingerprint density at radius 2 is 2.19 bits per heavy atom. The standard InChI is InChI=1S/C13H15ClF3N3O/c14-11-10(18-6-5-9-3-1-2-4-9)7-19-20(12(11)21)8-13(15,16)17/h3,7,18H,1-2,4-6,8H2. The maximum atomic E-state index is 12.3. The molecule has 2 rings (SSSR count). The Hall–Kier alpha value is -1.50. The van der Waals surface area contributed by atoms with E-state index in [1.54, 1.807) is 0 Å². The zero-order valence-corrected chi connectivity index (χ0v) is 12.0. The third kappa shape index (κ3) is 4.49. The van der Waals surface area contributed by atoms with Gasteiger partial charge in [0, 0.05) is 6.54 Å². The van der Waals surface area contributed by atoms with Gasteiger partial charge in [0.25, 0.3) is 5.56 Å². The molecule has 1 heterocycles. The van der Waals surface area contributed by atoms with Crippen LogP contribution in [0, 0.1) is 0 Å². The second-order valence-electron chi connectivity index (χ2n) is 4.88. The van der Waals surface area contributed by atoms with Crippen LogP contribution >= 0.6 is 11.6 Å². The molecule has 21 heavy (non-hydrogen) atoms. The molecule has 0 aliphatic heterocycles. The summed E-state index contributed by atoms with van der Waals surface area (Å²) in [5, 5.41) is 6.17. The van der Waals surface area contributed by atoms with E-state index in [1.807, 2.05) is 0 Å². The number of halogens is 4. The van der Waals surface area contributed by atoms with E-state index >= 15 is 0 Å². The van der Waals surface area contributed by atoms with Crippen LogP contribution in [0.2, 0.25) is 5.02 Å². The van der Waals surface area contributed by atoms with Gasteiger partial charge in [-0.3, -0.25) is 4.79 Å². The van der Waals surface area contributed by atoms with Crippen molar-refractivity contribution in [2.24, 2.45) is 0 Å². The predicted molar refractivity (Wildman–Crippen MR) is 74.6 cm³/mol.